The van der Waals surface area contributed by atoms with Crippen molar-refractivity contribution in [2.75, 3.05) is 43.4 Å². The molecule has 0 bridgehead atoms. The Balaban J connectivity index is 1.49. The summed E-state index contributed by atoms with van der Waals surface area (Å²) in [5, 5.41) is 7.85. The van der Waals surface area contributed by atoms with Crippen LogP contribution >= 0.6 is 0 Å². The molecule has 5 rings (SSSR count). The number of halogens is 1. The maximum absolute atomic E-state index is 14.7. The predicted molar refractivity (Wildman–Crippen MR) is 137 cm³/mol. The van der Waals surface area contributed by atoms with Gasteiger partial charge in [-0.05, 0) is 43.4 Å². The Kier molecular flexibility index (Phi) is 6.24. The van der Waals surface area contributed by atoms with Crippen LogP contribution in [-0.4, -0.2) is 57.9 Å². The van der Waals surface area contributed by atoms with Crippen molar-refractivity contribution in [2.45, 2.75) is 6.54 Å². The Labute approximate surface area is 202 Å². The van der Waals surface area contributed by atoms with E-state index in [1.807, 2.05) is 12.1 Å². The summed E-state index contributed by atoms with van der Waals surface area (Å²) in [5.41, 5.74) is 2.43. The first-order valence-electron chi connectivity index (χ1n) is 11.5. The molecule has 2 aromatic carbocycles. The molecule has 8 nitrogen and oxygen atoms in total. The third-order valence-corrected chi connectivity index (χ3v) is 6.12. The van der Waals surface area contributed by atoms with Crippen LogP contribution in [-0.2, 0) is 6.54 Å². The summed E-state index contributed by atoms with van der Waals surface area (Å²) in [4.78, 5) is 26.5. The van der Waals surface area contributed by atoms with E-state index in [2.05, 4.69) is 55.9 Å². The van der Waals surface area contributed by atoms with E-state index in [0.29, 0.717) is 5.95 Å². The summed E-state index contributed by atoms with van der Waals surface area (Å²) in [6.45, 7) is 7.93. The number of hydrogen-bond acceptors (Lipinski definition) is 7. The van der Waals surface area contributed by atoms with Gasteiger partial charge in [0.2, 0.25) is 5.95 Å². The van der Waals surface area contributed by atoms with Gasteiger partial charge in [-0.1, -0.05) is 18.2 Å². The van der Waals surface area contributed by atoms with Crippen molar-refractivity contribution in [3.05, 3.63) is 83.6 Å². The molecule has 0 amide bonds. The van der Waals surface area contributed by atoms with Crippen molar-refractivity contribution in [3.8, 4) is 11.3 Å². The molecule has 1 aliphatic heterocycles. The lowest BCUT2D eigenvalue weighted by atomic mass is 10.1. The fourth-order valence-corrected chi connectivity index (χ4v) is 4.16. The van der Waals surface area contributed by atoms with Gasteiger partial charge in [-0.2, -0.15) is 5.10 Å². The average molecular weight is 472 g/mol. The topological polar surface area (TPSA) is 79.2 Å². The molecule has 0 saturated carbocycles. The molecule has 1 N–H and O–H groups in total. The van der Waals surface area contributed by atoms with Crippen LogP contribution in [0.4, 0.5) is 21.7 Å². The van der Waals surface area contributed by atoms with E-state index < -0.39 is 5.82 Å². The number of likely N-dealkylation sites (N-methyl/N-ethyl adjacent to an activating group) is 1. The highest BCUT2D eigenvalue weighted by atomic mass is 19.1. The third-order valence-electron chi connectivity index (χ3n) is 6.12. The molecular weight excluding hydrogens is 445 g/mol. The number of piperazine rings is 1. The first-order chi connectivity index (χ1) is 17.0. The average Bonchev–Trinajstić information content (AvgIpc) is 2.87. The molecule has 1 aliphatic rings. The Morgan fingerprint density at radius 3 is 2.54 bits per heavy atom. The standard InChI is InChI=1S/C26H26FN7O/c1-3-12-34-25(35)21-17-28-26(30-23(21)24(31-34)20-6-4-5-7-22(20)27)29-18-8-10-19(11-9-18)33-15-13-32(2)14-16-33/h3-11,17H,1,12-16H2,2H3,(H,28,29,30). The Hall–Kier alpha value is -4.11. The van der Waals surface area contributed by atoms with Gasteiger partial charge in [0.25, 0.3) is 5.56 Å². The van der Waals surface area contributed by atoms with Crippen molar-refractivity contribution >= 4 is 28.2 Å². The van der Waals surface area contributed by atoms with E-state index in [9.17, 15) is 9.18 Å². The summed E-state index contributed by atoms with van der Waals surface area (Å²) in [6, 6.07) is 14.4. The largest absolute Gasteiger partial charge is 0.369 e. The number of nitrogens with zero attached hydrogens (tertiary/aromatic N) is 6. The second kappa shape index (κ2) is 9.63. The van der Waals surface area contributed by atoms with Crippen LogP contribution < -0.4 is 15.8 Å². The van der Waals surface area contributed by atoms with E-state index in [4.69, 9.17) is 0 Å². The summed E-state index contributed by atoms with van der Waals surface area (Å²) >= 11 is 0. The molecule has 9 heteroatoms. The van der Waals surface area contributed by atoms with E-state index in [0.717, 1.165) is 37.6 Å². The maximum atomic E-state index is 14.7. The fraction of sp³-hybridized carbons (Fsp3) is 0.231. The highest BCUT2D eigenvalue weighted by Gasteiger charge is 2.18. The van der Waals surface area contributed by atoms with Crippen LogP contribution in [0.1, 0.15) is 0 Å². The van der Waals surface area contributed by atoms with Crippen LogP contribution in [0.3, 0.4) is 0 Å². The molecule has 1 fully saturated rings. The number of rotatable bonds is 6. The highest BCUT2D eigenvalue weighted by Crippen LogP contribution is 2.27. The number of allylic oxidation sites excluding steroid dienone is 1. The van der Waals surface area contributed by atoms with Crippen LogP contribution in [0, 0.1) is 5.82 Å². The summed E-state index contributed by atoms with van der Waals surface area (Å²) < 4.78 is 15.9. The molecule has 0 spiro atoms. The van der Waals surface area contributed by atoms with Crippen molar-refractivity contribution in [3.63, 3.8) is 0 Å². The predicted octanol–water partition coefficient (Wildman–Crippen LogP) is 3.67. The summed E-state index contributed by atoms with van der Waals surface area (Å²) in [5.74, 6) is -0.150. The van der Waals surface area contributed by atoms with Gasteiger partial charge >= 0.3 is 0 Å². The first kappa shape index (κ1) is 22.7. The van der Waals surface area contributed by atoms with Gasteiger partial charge in [0.15, 0.2) is 0 Å². The smallest absolute Gasteiger partial charge is 0.278 e. The van der Waals surface area contributed by atoms with Gasteiger partial charge in [-0.25, -0.2) is 19.0 Å². The van der Waals surface area contributed by atoms with E-state index in [1.54, 1.807) is 24.3 Å². The second-order valence-corrected chi connectivity index (χ2v) is 8.52. The molecule has 0 radical (unpaired) electrons. The second-order valence-electron chi connectivity index (χ2n) is 8.52. The summed E-state index contributed by atoms with van der Waals surface area (Å²) in [6.07, 6.45) is 3.02. The zero-order chi connectivity index (χ0) is 24.4. The highest BCUT2D eigenvalue weighted by molar-refractivity contribution is 5.91. The Morgan fingerprint density at radius 2 is 1.83 bits per heavy atom. The molecule has 178 valence electrons. The maximum Gasteiger partial charge on any atom is 0.278 e. The fourth-order valence-electron chi connectivity index (χ4n) is 4.16. The molecule has 2 aromatic heterocycles. The molecule has 3 heterocycles. The van der Waals surface area contributed by atoms with Gasteiger partial charge in [0.05, 0.1) is 11.9 Å². The van der Waals surface area contributed by atoms with Gasteiger partial charge in [0.1, 0.15) is 17.0 Å². The lowest BCUT2D eigenvalue weighted by molar-refractivity contribution is 0.313. The zero-order valence-electron chi connectivity index (χ0n) is 19.5. The van der Waals surface area contributed by atoms with Gasteiger partial charge in [-0.15, -0.1) is 6.58 Å². The molecular formula is C26H26FN7O. The minimum Gasteiger partial charge on any atom is -0.369 e. The van der Waals surface area contributed by atoms with Crippen molar-refractivity contribution < 1.29 is 4.39 Å². The third kappa shape index (κ3) is 4.63. The van der Waals surface area contributed by atoms with Crippen molar-refractivity contribution in [2.24, 2.45) is 0 Å². The lowest BCUT2D eigenvalue weighted by Gasteiger charge is -2.34. The number of hydrogen-bond donors (Lipinski definition) is 1. The van der Waals surface area contributed by atoms with E-state index in [-0.39, 0.29) is 34.3 Å². The minimum atomic E-state index is -0.447. The number of benzene rings is 2. The van der Waals surface area contributed by atoms with Crippen LogP contribution in [0.5, 0.6) is 0 Å². The van der Waals surface area contributed by atoms with E-state index in [1.165, 1.54) is 16.9 Å². The molecule has 0 unspecified atom stereocenters. The van der Waals surface area contributed by atoms with Crippen LogP contribution in [0.2, 0.25) is 0 Å². The van der Waals surface area contributed by atoms with Crippen LogP contribution in [0.25, 0.3) is 22.2 Å². The van der Waals surface area contributed by atoms with Crippen molar-refractivity contribution in [1.29, 1.82) is 0 Å². The zero-order valence-corrected chi connectivity index (χ0v) is 19.5. The molecule has 0 aliphatic carbocycles. The minimum absolute atomic E-state index is 0.190. The Bertz CT molecular complexity index is 1430. The first-order valence-corrected chi connectivity index (χ1v) is 11.5. The van der Waals surface area contributed by atoms with Crippen LogP contribution in [0.15, 0.2) is 72.2 Å². The quantitative estimate of drug-likeness (QED) is 0.430. The van der Waals surface area contributed by atoms with Gasteiger partial charge in [0, 0.05) is 49.3 Å². The molecule has 0 atom stereocenters. The van der Waals surface area contributed by atoms with E-state index >= 15 is 0 Å². The normalized spacial score (nSPS) is 14.3. The molecule has 1 saturated heterocycles. The number of anilines is 3. The summed E-state index contributed by atoms with van der Waals surface area (Å²) in [7, 11) is 2.13. The van der Waals surface area contributed by atoms with Gasteiger partial charge in [-0.3, -0.25) is 4.79 Å². The lowest BCUT2D eigenvalue weighted by Crippen LogP contribution is -2.44. The monoisotopic (exact) mass is 471 g/mol. The number of aromatic nitrogens is 4. The SMILES string of the molecule is C=CCn1nc(-c2ccccc2F)c2nc(Nc3ccc(N4CCN(C)CC4)cc3)ncc2c1=O. The van der Waals surface area contributed by atoms with Gasteiger partial charge < -0.3 is 15.1 Å². The molecule has 4 aromatic rings. The number of fused-ring (bicyclic) bond motifs is 1. The number of nitrogens with one attached hydrogen (secondary N) is 1. The Morgan fingerprint density at radius 1 is 1.09 bits per heavy atom. The molecule has 35 heavy (non-hydrogen) atoms. The van der Waals surface area contributed by atoms with Crippen molar-refractivity contribution in [1.82, 2.24) is 24.6 Å².